The lowest BCUT2D eigenvalue weighted by Crippen LogP contribution is -2.41. The van der Waals surface area contributed by atoms with E-state index >= 15 is 0 Å². The van der Waals surface area contributed by atoms with Gasteiger partial charge in [-0.25, -0.2) is 39.0 Å². The van der Waals surface area contributed by atoms with E-state index in [4.69, 9.17) is 57.1 Å². The molecule has 5 aliphatic heterocycles. The average Bonchev–Trinajstić information content (AvgIpc) is 1.60. The molecule has 14 aromatic rings. The Hall–Kier alpha value is -10.4. The molecular formula is C95H113B3Br2N16O9. The van der Waals surface area contributed by atoms with E-state index in [0.717, 1.165) is 165 Å². The first kappa shape index (κ1) is 89.4. The highest BCUT2D eigenvalue weighted by Crippen LogP contribution is 2.46. The molecule has 25 nitrogen and oxygen atoms in total. The van der Waals surface area contributed by atoms with E-state index in [1.165, 1.54) is 11.1 Å². The van der Waals surface area contributed by atoms with Crippen LogP contribution in [0.2, 0.25) is 0 Å². The Balaban J connectivity index is 0.000000127. The van der Waals surface area contributed by atoms with Crippen molar-refractivity contribution in [1.29, 1.82) is 0 Å². The monoisotopic (exact) mass is 1810 g/mol. The van der Waals surface area contributed by atoms with E-state index in [2.05, 4.69) is 238 Å². The second-order valence-corrected chi connectivity index (χ2v) is 39.8. The number of anilines is 2. The first-order chi connectivity index (χ1) is 59.0. The lowest BCUT2D eigenvalue weighted by atomic mass is 9.49. The highest BCUT2D eigenvalue weighted by atomic mass is 79.9. The van der Waals surface area contributed by atoms with Crippen LogP contribution in [-0.2, 0) is 57.4 Å². The van der Waals surface area contributed by atoms with Crippen molar-refractivity contribution in [2.45, 2.75) is 208 Å². The molecule has 8 aromatic heterocycles. The minimum Gasteiger partial charge on any atom is -0.497 e. The molecular weight excluding hydrogens is 1700 g/mol. The molecule has 0 unspecified atom stereocenters. The molecule has 0 saturated carbocycles. The maximum Gasteiger partial charge on any atom is 0.494 e. The van der Waals surface area contributed by atoms with Gasteiger partial charge in [-0.1, -0.05) is 28.1 Å². The third-order valence-corrected chi connectivity index (χ3v) is 25.4. The molecule has 13 heterocycles. The number of nitrogens with zero attached hydrogens (tertiary/aromatic N) is 14. The molecule has 0 amide bonds. The van der Waals surface area contributed by atoms with Crippen molar-refractivity contribution < 1.29 is 42.1 Å². The number of fused-ring (bicyclic) bond motifs is 5. The van der Waals surface area contributed by atoms with Crippen molar-refractivity contribution in [3.8, 4) is 79.6 Å². The van der Waals surface area contributed by atoms with Crippen LogP contribution in [-0.4, -0.2) is 157 Å². The molecule has 5 aliphatic rings. The number of pyridine rings is 2. The summed E-state index contributed by atoms with van der Waals surface area (Å²) in [5.41, 5.74) is 14.7. The molecule has 0 radical (unpaired) electrons. The topological polar surface area (TPSA) is 240 Å². The fourth-order valence-electron chi connectivity index (χ4n) is 15.9. The van der Waals surface area contributed by atoms with Gasteiger partial charge in [0, 0.05) is 110 Å². The standard InChI is InChI=1S/C28H28N6O.C27H33BN4O3.C21H21BrN4O.C12H24B2O4.C7H7BrN2/c1-28(2,3)34-25-8-6-18(20-14-19-10-12-29-26(19)30-17-20)15-23(25)32-27(34)22-16-21(35-4)7-9-24(22)33-13-5-11-31-33;1-25(2,3)32-23-12-10-18(28-34-26(4,5)27(6,7)35-28)16-21(23)30-24(32)20-17-19(33-8)11-13-22(20)31-15-9-14-29-31;1-21(2,3)26-19-8-6-14(22)12-17(19)24-20(26)16-13-15(27-4)7-9-18(16)25-11-5-10-23-25;1-9(2)10(3,4)16-13(15-9)14-17-11(5,6)12(7,8)18-14;8-6-3-5-1-2-9-7(5)10-4-6/h5-9,11,13-17H,10,12H2,1-4H3,(H,29,30);9-17H,1-8H3;5-13H,1-4H3;1-8H3;3-4H,1-2H2,(H,9,10). The van der Waals surface area contributed by atoms with Gasteiger partial charge in [-0.2, -0.15) is 15.3 Å². The van der Waals surface area contributed by atoms with E-state index in [-0.39, 0.29) is 39.0 Å². The van der Waals surface area contributed by atoms with Gasteiger partial charge in [0.05, 0.1) is 105 Å². The Kier molecular flexibility index (Phi) is 24.4. The Labute approximate surface area is 750 Å². The average molecular weight is 1820 g/mol. The van der Waals surface area contributed by atoms with Gasteiger partial charge in [0.15, 0.2) is 0 Å². The van der Waals surface area contributed by atoms with Crippen LogP contribution < -0.4 is 30.3 Å². The van der Waals surface area contributed by atoms with E-state index in [1.807, 2.05) is 173 Å². The van der Waals surface area contributed by atoms with Gasteiger partial charge in [0.2, 0.25) is 0 Å². The van der Waals surface area contributed by atoms with Crippen LogP contribution in [0.5, 0.6) is 17.2 Å². The van der Waals surface area contributed by atoms with Gasteiger partial charge in [-0.3, -0.25) is 0 Å². The zero-order valence-corrected chi connectivity index (χ0v) is 79.3. The normalized spacial score (nSPS) is 16.9. The minimum atomic E-state index is -0.476. The molecule has 19 rings (SSSR count). The van der Waals surface area contributed by atoms with Crippen LogP contribution in [0.15, 0.2) is 198 Å². The predicted molar refractivity (Wildman–Crippen MR) is 507 cm³/mol. The summed E-state index contributed by atoms with van der Waals surface area (Å²) < 4.78 is 67.6. The largest absolute Gasteiger partial charge is 0.497 e. The summed E-state index contributed by atoms with van der Waals surface area (Å²) in [6, 6.07) is 47.1. The summed E-state index contributed by atoms with van der Waals surface area (Å²) in [6.07, 6.45) is 17.0. The number of methoxy groups -OCH3 is 3. The smallest absolute Gasteiger partial charge is 0.494 e. The Morgan fingerprint density at radius 3 is 1.13 bits per heavy atom. The van der Waals surface area contributed by atoms with Crippen LogP contribution in [0.3, 0.4) is 0 Å². The third-order valence-electron chi connectivity index (χ3n) is 24.4. The number of aromatic nitrogens is 14. The van der Waals surface area contributed by atoms with E-state index in [0.29, 0.717) is 0 Å². The van der Waals surface area contributed by atoms with Gasteiger partial charge < -0.3 is 66.5 Å². The number of benzene rings is 6. The summed E-state index contributed by atoms with van der Waals surface area (Å²) in [5, 5.41) is 19.9. The fourth-order valence-corrected chi connectivity index (χ4v) is 16.6. The summed E-state index contributed by atoms with van der Waals surface area (Å²) in [4.78, 5) is 24.2. The first-order valence-electron chi connectivity index (χ1n) is 42.4. The maximum absolute atomic E-state index is 6.30. The number of halogens is 2. The van der Waals surface area contributed by atoms with Crippen molar-refractivity contribution in [2.24, 2.45) is 0 Å². The number of hydrogen-bond donors (Lipinski definition) is 2. The first-order valence-corrected chi connectivity index (χ1v) is 44.0. The van der Waals surface area contributed by atoms with Crippen molar-refractivity contribution >= 4 is 103 Å². The Morgan fingerprint density at radius 2 is 0.744 bits per heavy atom. The van der Waals surface area contributed by atoms with Crippen molar-refractivity contribution in [1.82, 2.24) is 68.0 Å². The molecule has 3 saturated heterocycles. The quantitative estimate of drug-likeness (QED) is 0.108. The minimum absolute atomic E-state index is 0.150. The second-order valence-electron chi connectivity index (χ2n) is 38.0. The predicted octanol–water partition coefficient (Wildman–Crippen LogP) is 20.1. The van der Waals surface area contributed by atoms with E-state index in [9.17, 15) is 0 Å². The molecule has 125 heavy (non-hydrogen) atoms. The van der Waals surface area contributed by atoms with Crippen LogP contribution in [0.1, 0.15) is 157 Å². The zero-order chi connectivity index (χ0) is 89.5. The molecule has 0 aliphatic carbocycles. The Bertz CT molecular complexity index is 6180. The fraction of sp³-hybridized carbons (Fsp3) is 0.389. The van der Waals surface area contributed by atoms with Crippen molar-refractivity contribution in [2.75, 3.05) is 45.1 Å². The number of nitrogens with one attached hydrogen (secondary N) is 2. The van der Waals surface area contributed by atoms with Crippen molar-refractivity contribution in [3.63, 3.8) is 0 Å². The Morgan fingerprint density at radius 1 is 0.384 bits per heavy atom. The molecule has 3 fully saturated rings. The molecule has 6 aromatic carbocycles. The van der Waals surface area contributed by atoms with Gasteiger partial charge in [0.1, 0.15) is 46.4 Å². The van der Waals surface area contributed by atoms with Crippen LogP contribution in [0, 0.1) is 0 Å². The van der Waals surface area contributed by atoms with Crippen LogP contribution in [0.25, 0.3) is 95.5 Å². The number of hydrogen-bond acceptors (Lipinski definition) is 19. The van der Waals surface area contributed by atoms with Gasteiger partial charge in [0.25, 0.3) is 0 Å². The number of imidazole rings is 3. The summed E-state index contributed by atoms with van der Waals surface area (Å²) >= 11 is 6.93. The number of ether oxygens (including phenoxy) is 3. The molecule has 0 spiro atoms. The van der Waals surface area contributed by atoms with Crippen LogP contribution in [0.4, 0.5) is 11.6 Å². The SMILES string of the molecule is Brc1cnc2c(c1)CCN2.CC1(C)OB(B2OC(C)(C)C(C)(C)O2)OC1(C)C.COc1ccc(-n2cccn2)c(-c2nc3cc(-c4cnc5c(c4)CCN5)ccc3n2C(C)(C)C)c1.COc1ccc(-n2cccn2)c(-c2nc3cc(B4OC(C)(C)C(C)(C)O4)ccc3n2C(C)(C)C)c1.COc1ccc(-n2cccn2)c(-c2nc3cc(Br)ccc3n2C(C)(C)C)c1. The summed E-state index contributed by atoms with van der Waals surface area (Å²) in [6.45, 7) is 46.2. The van der Waals surface area contributed by atoms with Gasteiger partial charge >= 0.3 is 21.1 Å². The lowest BCUT2D eigenvalue weighted by Gasteiger charge is -2.32. The van der Waals surface area contributed by atoms with Gasteiger partial charge in [-0.05, 0) is 324 Å². The molecule has 30 heteroatoms. The van der Waals surface area contributed by atoms with E-state index < -0.39 is 32.3 Å². The van der Waals surface area contributed by atoms with Gasteiger partial charge in [-0.15, -0.1) is 0 Å². The number of rotatable bonds is 12. The van der Waals surface area contributed by atoms with Crippen molar-refractivity contribution in [3.05, 3.63) is 209 Å². The molecule has 0 bridgehead atoms. The van der Waals surface area contributed by atoms with Crippen LogP contribution >= 0.6 is 31.9 Å². The zero-order valence-electron chi connectivity index (χ0n) is 76.1. The van der Waals surface area contributed by atoms with E-state index in [1.54, 1.807) is 39.9 Å². The molecule has 650 valence electrons. The molecule has 2 N–H and O–H groups in total. The highest BCUT2D eigenvalue weighted by molar-refractivity contribution is 9.10. The second kappa shape index (κ2) is 34.1. The molecule has 0 atom stereocenters. The maximum atomic E-state index is 6.30. The highest BCUT2D eigenvalue weighted by Gasteiger charge is 2.64. The summed E-state index contributed by atoms with van der Waals surface area (Å²) in [5.74, 6) is 6.99. The third kappa shape index (κ3) is 18.1. The lowest BCUT2D eigenvalue weighted by molar-refractivity contribution is 0.00578. The summed E-state index contributed by atoms with van der Waals surface area (Å²) in [7, 11) is 3.65.